The van der Waals surface area contributed by atoms with Crippen LogP contribution >= 0.6 is 0 Å². The van der Waals surface area contributed by atoms with Crippen LogP contribution < -0.4 is 0 Å². The average molecular weight is 148 g/mol. The quantitative estimate of drug-likeness (QED) is 0.499. The van der Waals surface area contributed by atoms with Gasteiger partial charge in [-0.15, -0.1) is 0 Å². The number of methoxy groups -OCH3 is 1. The molecular formula is C5H8O3S. The first-order valence-corrected chi connectivity index (χ1v) is 3.82. The summed E-state index contributed by atoms with van der Waals surface area (Å²) in [7, 11) is 1.51. The van der Waals surface area contributed by atoms with E-state index in [2.05, 4.69) is 0 Å². The Labute approximate surface area is 56.3 Å². The van der Waals surface area contributed by atoms with Crippen LogP contribution in [0, 0.1) is 0 Å². The first-order valence-electron chi connectivity index (χ1n) is 2.58. The highest BCUT2D eigenvalue weighted by Gasteiger charge is 2.11. The largest absolute Gasteiger partial charge is 0.351 e. The van der Waals surface area contributed by atoms with Gasteiger partial charge >= 0.3 is 0 Å². The second kappa shape index (κ2) is 3.10. The third kappa shape index (κ3) is 1.89. The van der Waals surface area contributed by atoms with Gasteiger partial charge < -0.3 is 4.74 Å². The molecule has 0 saturated carbocycles. The third-order valence-corrected chi connectivity index (χ3v) is 1.83. The van der Waals surface area contributed by atoms with Gasteiger partial charge in [0.05, 0.1) is 5.75 Å². The highest BCUT2D eigenvalue weighted by molar-refractivity contribution is 7.80. The van der Waals surface area contributed by atoms with Crippen LogP contribution in [0.4, 0.5) is 0 Å². The van der Waals surface area contributed by atoms with Gasteiger partial charge in [0.1, 0.15) is 0 Å². The lowest BCUT2D eigenvalue weighted by atomic mass is 10.5. The van der Waals surface area contributed by atoms with Crippen molar-refractivity contribution >= 4 is 11.1 Å². The van der Waals surface area contributed by atoms with E-state index < -0.39 is 17.4 Å². The van der Waals surface area contributed by atoms with Gasteiger partial charge in [-0.3, -0.25) is 4.18 Å². The predicted octanol–water partition coefficient (Wildman–Crippen LogP) is 0.209. The third-order valence-electron chi connectivity index (χ3n) is 0.960. The Balaban J connectivity index is 2.49. The first-order chi connectivity index (χ1) is 4.33. The molecule has 1 heterocycles. The van der Waals surface area contributed by atoms with Crippen molar-refractivity contribution in [3.05, 3.63) is 12.2 Å². The van der Waals surface area contributed by atoms with E-state index in [1.807, 2.05) is 0 Å². The summed E-state index contributed by atoms with van der Waals surface area (Å²) in [5.74, 6) is 0.472. The van der Waals surface area contributed by atoms with Crippen molar-refractivity contribution in [1.82, 2.24) is 0 Å². The van der Waals surface area contributed by atoms with Gasteiger partial charge in [-0.1, -0.05) is 6.08 Å². The summed E-state index contributed by atoms with van der Waals surface area (Å²) in [5.41, 5.74) is 0. The van der Waals surface area contributed by atoms with Crippen LogP contribution in [0.3, 0.4) is 0 Å². The normalized spacial score (nSPS) is 34.8. The Hall–Kier alpha value is -0.190. The molecule has 1 unspecified atom stereocenters. The lowest BCUT2D eigenvalue weighted by Crippen LogP contribution is -2.19. The smallest absolute Gasteiger partial charge is 0.192 e. The van der Waals surface area contributed by atoms with E-state index in [0.717, 1.165) is 0 Å². The van der Waals surface area contributed by atoms with E-state index in [0.29, 0.717) is 5.75 Å². The highest BCUT2D eigenvalue weighted by atomic mass is 32.2. The van der Waals surface area contributed by atoms with Crippen LogP contribution in [0.2, 0.25) is 0 Å². The number of hydrogen-bond acceptors (Lipinski definition) is 3. The van der Waals surface area contributed by atoms with E-state index in [4.69, 9.17) is 8.92 Å². The summed E-state index contributed by atoms with van der Waals surface area (Å²) >= 11 is -1.18. The van der Waals surface area contributed by atoms with Gasteiger partial charge in [0, 0.05) is 7.11 Å². The molecule has 0 aromatic heterocycles. The Bertz CT molecular complexity index is 143. The maximum atomic E-state index is 10.6. The molecule has 52 valence electrons. The molecule has 0 saturated heterocycles. The minimum atomic E-state index is -1.18. The zero-order chi connectivity index (χ0) is 6.69. The molecule has 9 heavy (non-hydrogen) atoms. The second-order valence-corrected chi connectivity index (χ2v) is 2.73. The predicted molar refractivity (Wildman–Crippen MR) is 34.0 cm³/mol. The number of rotatable bonds is 1. The minimum Gasteiger partial charge on any atom is -0.351 e. The minimum absolute atomic E-state index is 0.417. The topological polar surface area (TPSA) is 35.5 Å². The van der Waals surface area contributed by atoms with Crippen molar-refractivity contribution in [2.24, 2.45) is 0 Å². The molecule has 2 atom stereocenters. The van der Waals surface area contributed by atoms with Gasteiger partial charge in [0.15, 0.2) is 17.4 Å². The molecule has 1 rings (SSSR count). The van der Waals surface area contributed by atoms with Crippen molar-refractivity contribution in [2.75, 3.05) is 12.9 Å². The van der Waals surface area contributed by atoms with Gasteiger partial charge in [0.2, 0.25) is 0 Å². The van der Waals surface area contributed by atoms with Gasteiger partial charge in [-0.2, -0.15) is 0 Å². The zero-order valence-electron chi connectivity index (χ0n) is 5.07. The molecule has 0 amide bonds. The Morgan fingerprint density at radius 1 is 1.89 bits per heavy atom. The fourth-order valence-electron chi connectivity index (χ4n) is 0.540. The second-order valence-electron chi connectivity index (χ2n) is 1.60. The summed E-state index contributed by atoms with van der Waals surface area (Å²) in [6, 6.07) is 0. The van der Waals surface area contributed by atoms with Crippen LogP contribution in [0.1, 0.15) is 0 Å². The van der Waals surface area contributed by atoms with Crippen LogP contribution in [0.25, 0.3) is 0 Å². The molecule has 0 spiro atoms. The lowest BCUT2D eigenvalue weighted by Gasteiger charge is -2.13. The Morgan fingerprint density at radius 2 is 2.67 bits per heavy atom. The van der Waals surface area contributed by atoms with Crippen LogP contribution in [-0.2, 0) is 20.0 Å². The molecule has 4 heteroatoms. The fraction of sp³-hybridized carbons (Fsp3) is 0.600. The monoisotopic (exact) mass is 148 g/mol. The summed E-state index contributed by atoms with van der Waals surface area (Å²) in [4.78, 5) is 0. The lowest BCUT2D eigenvalue weighted by molar-refractivity contribution is -0.00800. The standard InChI is InChI=1S/C5H8O3S/c1-7-5-3-2-4-9(6)8-5/h2-3,5H,4H2,1H3/t5-,9?/m0/s1. The molecule has 0 radical (unpaired) electrons. The molecule has 0 fully saturated rings. The van der Waals surface area contributed by atoms with Crippen molar-refractivity contribution in [3.8, 4) is 0 Å². The summed E-state index contributed by atoms with van der Waals surface area (Å²) in [6.07, 6.45) is 3.11. The Kier molecular flexibility index (Phi) is 2.38. The van der Waals surface area contributed by atoms with Crippen LogP contribution in [-0.4, -0.2) is 23.4 Å². The summed E-state index contributed by atoms with van der Waals surface area (Å²) in [5, 5.41) is 0. The molecule has 0 bridgehead atoms. The molecule has 0 aromatic rings. The molecule has 3 nitrogen and oxygen atoms in total. The SMILES string of the molecule is CO[C@@H]1C=CCS(=O)O1. The van der Waals surface area contributed by atoms with Crippen molar-refractivity contribution in [3.63, 3.8) is 0 Å². The van der Waals surface area contributed by atoms with Gasteiger partial charge in [-0.25, -0.2) is 4.21 Å². The maximum Gasteiger partial charge on any atom is 0.192 e. The van der Waals surface area contributed by atoms with Gasteiger partial charge in [0.25, 0.3) is 0 Å². The van der Waals surface area contributed by atoms with Crippen LogP contribution in [0.15, 0.2) is 12.2 Å². The maximum absolute atomic E-state index is 10.6. The first kappa shape index (κ1) is 6.92. The van der Waals surface area contributed by atoms with E-state index >= 15 is 0 Å². The van der Waals surface area contributed by atoms with Crippen molar-refractivity contribution in [1.29, 1.82) is 0 Å². The molecule has 0 aliphatic carbocycles. The summed E-state index contributed by atoms with van der Waals surface area (Å²) in [6.45, 7) is 0. The molecule has 1 aliphatic heterocycles. The van der Waals surface area contributed by atoms with E-state index in [-0.39, 0.29) is 0 Å². The molecule has 1 aliphatic rings. The van der Waals surface area contributed by atoms with E-state index in [1.54, 1.807) is 12.2 Å². The molecule has 0 aromatic carbocycles. The zero-order valence-corrected chi connectivity index (χ0v) is 5.89. The van der Waals surface area contributed by atoms with Crippen LogP contribution in [0.5, 0.6) is 0 Å². The summed E-state index contributed by atoms with van der Waals surface area (Å²) < 4.78 is 20.1. The van der Waals surface area contributed by atoms with Crippen molar-refractivity contribution < 1.29 is 13.1 Å². The Morgan fingerprint density at radius 3 is 3.11 bits per heavy atom. The highest BCUT2D eigenvalue weighted by Crippen LogP contribution is 2.04. The van der Waals surface area contributed by atoms with E-state index in [1.165, 1.54) is 7.11 Å². The average Bonchev–Trinajstić information content (AvgIpc) is 1.88. The van der Waals surface area contributed by atoms with Crippen molar-refractivity contribution in [2.45, 2.75) is 6.29 Å². The molecule has 0 N–H and O–H groups in total. The number of ether oxygens (including phenoxy) is 1. The number of hydrogen-bond donors (Lipinski definition) is 0. The van der Waals surface area contributed by atoms with E-state index in [9.17, 15) is 4.21 Å². The fourth-order valence-corrected chi connectivity index (χ4v) is 1.24. The van der Waals surface area contributed by atoms with Gasteiger partial charge in [-0.05, 0) is 6.08 Å². The molecular weight excluding hydrogens is 140 g/mol.